The molecule has 0 unspecified atom stereocenters. The zero-order chi connectivity index (χ0) is 13.5. The number of hydrogen-bond donors (Lipinski definition) is 1. The van der Waals surface area contributed by atoms with Gasteiger partial charge in [-0.1, -0.05) is 57.6 Å². The Morgan fingerprint density at radius 2 is 1.32 bits per heavy atom. The van der Waals surface area contributed by atoms with Gasteiger partial charge in [-0.05, 0) is 32.1 Å². The summed E-state index contributed by atoms with van der Waals surface area (Å²) >= 11 is 0. The van der Waals surface area contributed by atoms with Gasteiger partial charge in [-0.25, -0.2) is 0 Å². The molecule has 0 aromatic heterocycles. The zero-order valence-electron chi connectivity index (χ0n) is 12.3. The number of carboxylic acid groups (broad SMARTS) is 1. The van der Waals surface area contributed by atoms with Gasteiger partial charge >= 0.3 is 5.97 Å². The quantitative estimate of drug-likeness (QED) is 0.283. The Kier molecular flexibility index (Phi) is 19.6. The van der Waals surface area contributed by atoms with E-state index in [9.17, 15) is 4.79 Å². The summed E-state index contributed by atoms with van der Waals surface area (Å²) in [7, 11) is 0. The van der Waals surface area contributed by atoms with Crippen LogP contribution in [0.5, 0.6) is 0 Å². The molecule has 0 aromatic carbocycles. The van der Waals surface area contributed by atoms with Crippen molar-refractivity contribution in [3.8, 4) is 0 Å². The van der Waals surface area contributed by atoms with Crippen LogP contribution in [0, 0.1) is 0 Å². The minimum absolute atomic E-state index is 0. The van der Waals surface area contributed by atoms with Crippen LogP contribution in [0.4, 0.5) is 0 Å². The molecule has 0 spiro atoms. The molecule has 0 aliphatic carbocycles. The third-order valence-corrected chi connectivity index (χ3v) is 3.15. The maximum absolute atomic E-state index is 10.3. The predicted molar refractivity (Wildman–Crippen MR) is 77.9 cm³/mol. The first-order valence-electron chi connectivity index (χ1n) is 7.64. The van der Waals surface area contributed by atoms with Crippen LogP contribution in [0.1, 0.15) is 84.0 Å². The molecule has 0 atom stereocenters. The summed E-state index contributed by atoms with van der Waals surface area (Å²) in [6.07, 6.45) is 18.3. The Morgan fingerprint density at radius 1 is 0.842 bits per heavy atom. The van der Waals surface area contributed by atoms with Crippen molar-refractivity contribution in [2.24, 2.45) is 0 Å². The second-order valence-electron chi connectivity index (χ2n) is 5.02. The van der Waals surface area contributed by atoms with E-state index in [1.807, 2.05) is 0 Å². The van der Waals surface area contributed by atoms with Crippen molar-refractivity contribution in [1.82, 2.24) is 0 Å². The van der Waals surface area contributed by atoms with Gasteiger partial charge in [0.2, 0.25) is 0 Å². The van der Waals surface area contributed by atoms with E-state index in [4.69, 9.17) is 5.11 Å². The molecule has 0 saturated carbocycles. The molecule has 1 N–H and O–H groups in total. The normalized spacial score (nSPS) is 10.6. The predicted octanol–water partition coefficient (Wildman–Crippen LogP) is 5.33. The summed E-state index contributed by atoms with van der Waals surface area (Å²) in [5, 5.41) is 8.48. The molecular weight excluding hydrogens is 288 g/mol. The number of aliphatic carboxylic acids is 1. The van der Waals surface area contributed by atoms with E-state index in [0.717, 1.165) is 12.8 Å². The first-order valence-corrected chi connectivity index (χ1v) is 7.64. The largest absolute Gasteiger partial charge is 0.481 e. The number of allylic oxidation sites excluding steroid dienone is 2. The number of hydrogen-bond acceptors (Lipinski definition) is 1. The molecule has 0 heterocycles. The molecule has 1 radical (unpaired) electrons. The van der Waals surface area contributed by atoms with Crippen LogP contribution >= 0.6 is 0 Å². The van der Waals surface area contributed by atoms with Crippen LogP contribution in [0.3, 0.4) is 0 Å². The molecule has 19 heavy (non-hydrogen) atoms. The zero-order valence-corrected chi connectivity index (χ0v) is 13.2. The summed E-state index contributed by atoms with van der Waals surface area (Å²) in [4.78, 5) is 10.3. The Bertz CT molecular complexity index is 215. The minimum atomic E-state index is -0.666. The van der Waals surface area contributed by atoms with E-state index in [2.05, 4.69) is 19.1 Å². The second-order valence-corrected chi connectivity index (χ2v) is 5.02. The number of rotatable bonds is 13. The van der Waals surface area contributed by atoms with E-state index in [-0.39, 0.29) is 17.1 Å². The summed E-state index contributed by atoms with van der Waals surface area (Å²) < 4.78 is 0. The van der Waals surface area contributed by atoms with Gasteiger partial charge in [-0.15, -0.1) is 0 Å². The van der Waals surface area contributed by atoms with Crippen LogP contribution in [0.15, 0.2) is 12.2 Å². The maximum atomic E-state index is 10.3. The molecule has 0 aromatic rings. The van der Waals surface area contributed by atoms with Crippen LogP contribution < -0.4 is 0 Å². The van der Waals surface area contributed by atoms with Crippen molar-refractivity contribution in [2.45, 2.75) is 84.0 Å². The molecule has 0 saturated heterocycles. The molecule has 0 bridgehead atoms. The van der Waals surface area contributed by atoms with E-state index in [1.54, 1.807) is 0 Å². The van der Waals surface area contributed by atoms with E-state index in [1.165, 1.54) is 57.8 Å². The Hall–Kier alpha value is -0.271. The Labute approximate surface area is 129 Å². The van der Waals surface area contributed by atoms with Gasteiger partial charge in [0.25, 0.3) is 0 Å². The van der Waals surface area contributed by atoms with Gasteiger partial charge in [-0.3, -0.25) is 4.79 Å². The van der Waals surface area contributed by atoms with E-state index >= 15 is 0 Å². The average molecular weight is 318 g/mol. The number of carboxylic acids is 1. The molecular formula is C16H30CuO2. The molecule has 0 aliphatic rings. The molecule has 117 valence electrons. The molecule has 3 heteroatoms. The van der Waals surface area contributed by atoms with Crippen LogP contribution in [-0.4, -0.2) is 11.1 Å². The third-order valence-electron chi connectivity index (χ3n) is 3.15. The summed E-state index contributed by atoms with van der Waals surface area (Å²) in [5.41, 5.74) is 0. The van der Waals surface area contributed by atoms with Gasteiger partial charge < -0.3 is 5.11 Å². The SMILES string of the molecule is CCCCCC/C=C\CCCCCCCC(=O)O.[Cu]. The van der Waals surface area contributed by atoms with Gasteiger partial charge in [-0.2, -0.15) is 0 Å². The van der Waals surface area contributed by atoms with Crippen LogP contribution in [0.25, 0.3) is 0 Å². The maximum Gasteiger partial charge on any atom is 0.303 e. The Morgan fingerprint density at radius 3 is 1.84 bits per heavy atom. The van der Waals surface area contributed by atoms with Crippen molar-refractivity contribution in [3.63, 3.8) is 0 Å². The van der Waals surface area contributed by atoms with E-state index < -0.39 is 5.97 Å². The van der Waals surface area contributed by atoms with Gasteiger partial charge in [0.1, 0.15) is 0 Å². The topological polar surface area (TPSA) is 37.3 Å². The monoisotopic (exact) mass is 317 g/mol. The van der Waals surface area contributed by atoms with Gasteiger partial charge in [0.05, 0.1) is 0 Å². The first kappa shape index (κ1) is 21.0. The fourth-order valence-corrected chi connectivity index (χ4v) is 1.99. The fourth-order valence-electron chi connectivity index (χ4n) is 1.99. The van der Waals surface area contributed by atoms with Crippen molar-refractivity contribution in [2.75, 3.05) is 0 Å². The minimum Gasteiger partial charge on any atom is -0.481 e. The summed E-state index contributed by atoms with van der Waals surface area (Å²) in [5.74, 6) is -0.666. The molecule has 0 aliphatic heterocycles. The standard InChI is InChI=1S/C16H30O2.Cu/c1-2-3-4-5-6-7-8-9-10-11-12-13-14-15-16(17)18;/h7-8H,2-6,9-15H2,1H3,(H,17,18);/b8-7-;. The van der Waals surface area contributed by atoms with Crippen molar-refractivity contribution < 1.29 is 27.0 Å². The van der Waals surface area contributed by atoms with Gasteiger partial charge in [0, 0.05) is 23.5 Å². The third kappa shape index (κ3) is 20.2. The van der Waals surface area contributed by atoms with Crippen molar-refractivity contribution >= 4 is 5.97 Å². The van der Waals surface area contributed by atoms with Gasteiger partial charge in [0.15, 0.2) is 0 Å². The van der Waals surface area contributed by atoms with Crippen LogP contribution in [-0.2, 0) is 21.9 Å². The van der Waals surface area contributed by atoms with Crippen molar-refractivity contribution in [3.05, 3.63) is 12.2 Å². The van der Waals surface area contributed by atoms with Crippen molar-refractivity contribution in [1.29, 1.82) is 0 Å². The molecule has 0 amide bonds. The number of carbonyl (C=O) groups is 1. The van der Waals surface area contributed by atoms with Crippen LogP contribution in [0.2, 0.25) is 0 Å². The summed E-state index contributed by atoms with van der Waals surface area (Å²) in [6.45, 7) is 2.24. The molecule has 0 rings (SSSR count). The number of unbranched alkanes of at least 4 members (excludes halogenated alkanes) is 9. The molecule has 2 nitrogen and oxygen atoms in total. The second kappa shape index (κ2) is 17.7. The Balaban J connectivity index is 0. The van der Waals surface area contributed by atoms with E-state index in [0.29, 0.717) is 6.42 Å². The average Bonchev–Trinajstić information content (AvgIpc) is 2.34. The molecule has 0 fully saturated rings. The summed E-state index contributed by atoms with van der Waals surface area (Å²) in [6, 6.07) is 0. The smallest absolute Gasteiger partial charge is 0.303 e. The first-order chi connectivity index (χ1) is 8.77. The fraction of sp³-hybridized carbons (Fsp3) is 0.812.